The first-order valence-electron chi connectivity index (χ1n) is 5.35. The van der Waals surface area contributed by atoms with Crippen LogP contribution in [0.5, 0.6) is 5.75 Å². The van der Waals surface area contributed by atoms with Crippen LogP contribution in [0.3, 0.4) is 0 Å². The Morgan fingerprint density at radius 3 is 2.56 bits per heavy atom. The zero-order valence-corrected chi connectivity index (χ0v) is 13.4. The van der Waals surface area contributed by atoms with Crippen molar-refractivity contribution in [3.05, 3.63) is 55.6 Å². The van der Waals surface area contributed by atoms with E-state index in [1.54, 1.807) is 6.21 Å². The third-order valence-electron chi connectivity index (χ3n) is 2.44. The van der Waals surface area contributed by atoms with E-state index in [0.29, 0.717) is 5.56 Å². The maximum absolute atomic E-state index is 9.92. The molecule has 2 aromatic carbocycles. The van der Waals surface area contributed by atoms with Crippen molar-refractivity contribution < 1.29 is 5.11 Å². The van der Waals surface area contributed by atoms with Gasteiger partial charge in [0, 0.05) is 16.3 Å². The van der Waals surface area contributed by atoms with Gasteiger partial charge in [-0.05, 0) is 53.8 Å². The van der Waals surface area contributed by atoms with Crippen molar-refractivity contribution in [1.82, 2.24) is 0 Å². The van der Waals surface area contributed by atoms with Crippen molar-refractivity contribution in [3.8, 4) is 5.75 Å². The van der Waals surface area contributed by atoms with Gasteiger partial charge in [0.25, 0.3) is 0 Å². The predicted molar refractivity (Wildman–Crippen MR) is 87.0 cm³/mol. The second-order valence-electron chi connectivity index (χ2n) is 3.92. The van der Waals surface area contributed by atoms with Crippen LogP contribution >= 0.6 is 38.5 Å². The number of phenolic OH excluding ortho intramolecular Hbond substituents is 1. The highest BCUT2D eigenvalue weighted by Crippen LogP contribution is 2.27. The molecule has 0 amide bonds. The second kappa shape index (κ2) is 5.84. The smallest absolute Gasteiger partial charge is 0.137 e. The molecule has 2 rings (SSSR count). The van der Waals surface area contributed by atoms with E-state index >= 15 is 0 Å². The molecule has 0 saturated carbocycles. The van der Waals surface area contributed by atoms with E-state index < -0.39 is 0 Å². The summed E-state index contributed by atoms with van der Waals surface area (Å²) in [6.45, 7) is 2.04. The Balaban J connectivity index is 2.31. The highest BCUT2D eigenvalue weighted by molar-refractivity contribution is 14.1. The topological polar surface area (TPSA) is 32.6 Å². The molecule has 18 heavy (non-hydrogen) atoms. The molecular formula is C14H11BrINO. The van der Waals surface area contributed by atoms with Crippen LogP contribution in [-0.2, 0) is 0 Å². The minimum Gasteiger partial charge on any atom is -0.506 e. The largest absolute Gasteiger partial charge is 0.506 e. The monoisotopic (exact) mass is 415 g/mol. The second-order valence-corrected chi connectivity index (χ2v) is 6.00. The Morgan fingerprint density at radius 1 is 1.22 bits per heavy atom. The van der Waals surface area contributed by atoms with Gasteiger partial charge in [-0.2, -0.15) is 0 Å². The first kappa shape index (κ1) is 13.5. The molecule has 0 heterocycles. The van der Waals surface area contributed by atoms with Crippen molar-refractivity contribution >= 4 is 50.4 Å². The van der Waals surface area contributed by atoms with Gasteiger partial charge in [0.05, 0.1) is 9.26 Å². The van der Waals surface area contributed by atoms with Crippen LogP contribution < -0.4 is 0 Å². The minimum atomic E-state index is 0.259. The molecule has 4 heteroatoms. The summed E-state index contributed by atoms with van der Waals surface area (Å²) in [5.74, 6) is 0.259. The van der Waals surface area contributed by atoms with E-state index in [2.05, 4.69) is 43.5 Å². The molecule has 0 spiro atoms. The first-order valence-corrected chi connectivity index (χ1v) is 7.22. The highest BCUT2D eigenvalue weighted by Gasteiger charge is 2.04. The standard InChI is InChI=1S/C14H11BrINO/c1-9-2-4-12(5-3-9)17-8-10-6-11(15)7-13(16)14(10)18/h2-8,18H,1H3. The Kier molecular flexibility index (Phi) is 4.40. The fourth-order valence-electron chi connectivity index (χ4n) is 1.46. The number of aromatic hydroxyl groups is 1. The lowest BCUT2D eigenvalue weighted by Crippen LogP contribution is -1.86. The summed E-state index contributed by atoms with van der Waals surface area (Å²) >= 11 is 5.50. The third-order valence-corrected chi connectivity index (χ3v) is 3.72. The van der Waals surface area contributed by atoms with Crippen molar-refractivity contribution in [2.45, 2.75) is 6.92 Å². The maximum Gasteiger partial charge on any atom is 0.137 e. The quantitative estimate of drug-likeness (QED) is 0.553. The molecule has 2 aromatic rings. The van der Waals surface area contributed by atoms with Gasteiger partial charge in [-0.3, -0.25) is 4.99 Å². The van der Waals surface area contributed by atoms with Crippen LogP contribution in [0.1, 0.15) is 11.1 Å². The van der Waals surface area contributed by atoms with Crippen LogP contribution in [-0.4, -0.2) is 11.3 Å². The summed E-state index contributed by atoms with van der Waals surface area (Å²) in [6, 6.07) is 11.6. The SMILES string of the molecule is Cc1ccc(N=Cc2cc(Br)cc(I)c2O)cc1. The lowest BCUT2D eigenvalue weighted by molar-refractivity contribution is 0.470. The highest BCUT2D eigenvalue weighted by atomic mass is 127. The molecule has 0 aliphatic rings. The van der Waals surface area contributed by atoms with E-state index in [-0.39, 0.29) is 5.75 Å². The molecule has 0 aliphatic carbocycles. The Morgan fingerprint density at radius 2 is 1.89 bits per heavy atom. The van der Waals surface area contributed by atoms with Crippen molar-refractivity contribution in [2.24, 2.45) is 4.99 Å². The fourth-order valence-corrected chi connectivity index (χ4v) is 3.01. The van der Waals surface area contributed by atoms with Crippen LogP contribution in [0, 0.1) is 10.5 Å². The third kappa shape index (κ3) is 3.32. The molecule has 0 bridgehead atoms. The van der Waals surface area contributed by atoms with Gasteiger partial charge in [0.1, 0.15) is 5.75 Å². The summed E-state index contributed by atoms with van der Waals surface area (Å²) in [7, 11) is 0. The maximum atomic E-state index is 9.92. The number of aryl methyl sites for hydroxylation is 1. The van der Waals surface area contributed by atoms with Crippen molar-refractivity contribution in [3.63, 3.8) is 0 Å². The van der Waals surface area contributed by atoms with Gasteiger partial charge in [0.15, 0.2) is 0 Å². The predicted octanol–water partition coefficient (Wildman–Crippen LogP) is 4.82. The summed E-state index contributed by atoms with van der Waals surface area (Å²) in [5, 5.41) is 9.92. The summed E-state index contributed by atoms with van der Waals surface area (Å²) in [5.41, 5.74) is 2.78. The zero-order chi connectivity index (χ0) is 13.1. The minimum absolute atomic E-state index is 0.259. The van der Waals surface area contributed by atoms with Crippen molar-refractivity contribution in [1.29, 1.82) is 0 Å². The van der Waals surface area contributed by atoms with Crippen LogP contribution in [0.2, 0.25) is 0 Å². The number of aliphatic imine (C=N–C) groups is 1. The van der Waals surface area contributed by atoms with Gasteiger partial charge >= 0.3 is 0 Å². The van der Waals surface area contributed by atoms with Gasteiger partial charge < -0.3 is 5.11 Å². The van der Waals surface area contributed by atoms with Gasteiger partial charge in [-0.1, -0.05) is 33.6 Å². The average Bonchev–Trinajstić information content (AvgIpc) is 2.34. The van der Waals surface area contributed by atoms with Gasteiger partial charge in [-0.25, -0.2) is 0 Å². The Hall–Kier alpha value is -0.880. The van der Waals surface area contributed by atoms with Crippen molar-refractivity contribution in [2.75, 3.05) is 0 Å². The van der Waals surface area contributed by atoms with Crippen LogP contribution in [0.4, 0.5) is 5.69 Å². The normalized spacial score (nSPS) is 11.1. The molecule has 0 aliphatic heterocycles. The molecule has 0 atom stereocenters. The van der Waals surface area contributed by atoms with Gasteiger partial charge in [-0.15, -0.1) is 0 Å². The van der Waals surface area contributed by atoms with Gasteiger partial charge in [0.2, 0.25) is 0 Å². The summed E-state index contributed by atoms with van der Waals surface area (Å²) in [4.78, 5) is 4.35. The molecule has 0 fully saturated rings. The molecular weight excluding hydrogens is 405 g/mol. The lowest BCUT2D eigenvalue weighted by Gasteiger charge is -2.02. The number of benzene rings is 2. The number of phenols is 1. The molecule has 0 saturated heterocycles. The Bertz CT molecular complexity index is 593. The Labute approximate surface area is 128 Å². The van der Waals surface area contributed by atoms with E-state index in [4.69, 9.17) is 0 Å². The number of halogens is 2. The summed E-state index contributed by atoms with van der Waals surface area (Å²) < 4.78 is 1.72. The average molecular weight is 416 g/mol. The molecule has 1 N–H and O–H groups in total. The molecule has 2 nitrogen and oxygen atoms in total. The molecule has 0 unspecified atom stereocenters. The van der Waals surface area contributed by atoms with E-state index in [0.717, 1.165) is 13.7 Å². The lowest BCUT2D eigenvalue weighted by atomic mass is 10.2. The molecule has 92 valence electrons. The van der Waals surface area contributed by atoms with Crippen LogP contribution in [0.25, 0.3) is 0 Å². The first-order chi connectivity index (χ1) is 8.56. The summed E-state index contributed by atoms with van der Waals surface area (Å²) in [6.07, 6.45) is 1.67. The number of nitrogens with zero attached hydrogens (tertiary/aromatic N) is 1. The van der Waals surface area contributed by atoms with E-state index in [1.165, 1.54) is 5.56 Å². The number of hydrogen-bond acceptors (Lipinski definition) is 2. The fraction of sp³-hybridized carbons (Fsp3) is 0.0714. The zero-order valence-electron chi connectivity index (χ0n) is 9.69. The molecule has 0 radical (unpaired) electrons. The number of rotatable bonds is 2. The van der Waals surface area contributed by atoms with Crippen LogP contribution in [0.15, 0.2) is 45.9 Å². The van der Waals surface area contributed by atoms with E-state index in [9.17, 15) is 5.11 Å². The molecule has 0 aromatic heterocycles. The number of hydrogen-bond donors (Lipinski definition) is 1. The van der Waals surface area contributed by atoms with E-state index in [1.807, 2.05) is 43.3 Å².